The smallest absolute Gasteiger partial charge is 0.407 e. The Morgan fingerprint density at radius 2 is 2.04 bits per heavy atom. The summed E-state index contributed by atoms with van der Waals surface area (Å²) in [6.07, 6.45) is -0.311. The molecule has 126 valence electrons. The standard InChI is InChI=1S/C16H17N3O5/c1-24-13(20)11-4-2-3-10(9-11)12-17-14(21)16(18-12)5-7-19(8-6-16)15(22)23/h2-4,9H,5-8H2,1H3,(H,22,23)(H,17,18,21). The van der Waals surface area contributed by atoms with Gasteiger partial charge in [-0.05, 0) is 25.0 Å². The first kappa shape index (κ1) is 16.0. The summed E-state index contributed by atoms with van der Waals surface area (Å²) in [5.41, 5.74) is 0.0557. The zero-order valence-electron chi connectivity index (χ0n) is 13.1. The number of amidine groups is 1. The Kier molecular flexibility index (Phi) is 3.96. The molecule has 2 heterocycles. The van der Waals surface area contributed by atoms with Gasteiger partial charge in [0.25, 0.3) is 5.91 Å². The fourth-order valence-electron chi connectivity index (χ4n) is 2.97. The second-order valence-electron chi connectivity index (χ2n) is 5.79. The van der Waals surface area contributed by atoms with Gasteiger partial charge in [0, 0.05) is 18.7 Å². The number of methoxy groups -OCH3 is 1. The van der Waals surface area contributed by atoms with Crippen LogP contribution in [0.15, 0.2) is 29.3 Å². The molecule has 3 rings (SSSR count). The maximum absolute atomic E-state index is 12.4. The third kappa shape index (κ3) is 2.70. The van der Waals surface area contributed by atoms with Crippen LogP contribution >= 0.6 is 0 Å². The van der Waals surface area contributed by atoms with E-state index in [-0.39, 0.29) is 19.0 Å². The topological polar surface area (TPSA) is 108 Å². The Labute approximate surface area is 138 Å². The lowest BCUT2D eigenvalue weighted by Gasteiger charge is -2.33. The van der Waals surface area contributed by atoms with Crippen LogP contribution in [0.25, 0.3) is 0 Å². The zero-order chi connectivity index (χ0) is 17.3. The van der Waals surface area contributed by atoms with E-state index < -0.39 is 17.6 Å². The molecule has 1 spiro atoms. The molecular weight excluding hydrogens is 314 g/mol. The summed E-state index contributed by atoms with van der Waals surface area (Å²) in [4.78, 5) is 40.8. The van der Waals surface area contributed by atoms with E-state index >= 15 is 0 Å². The van der Waals surface area contributed by atoms with Crippen LogP contribution < -0.4 is 5.32 Å². The number of ether oxygens (including phenoxy) is 1. The van der Waals surface area contributed by atoms with Crippen molar-refractivity contribution >= 4 is 23.8 Å². The first-order valence-electron chi connectivity index (χ1n) is 7.53. The van der Waals surface area contributed by atoms with Crippen molar-refractivity contribution < 1.29 is 24.2 Å². The molecule has 1 saturated heterocycles. The molecule has 1 aromatic carbocycles. The second-order valence-corrected chi connectivity index (χ2v) is 5.79. The van der Waals surface area contributed by atoms with E-state index in [0.717, 1.165) is 0 Å². The van der Waals surface area contributed by atoms with E-state index in [1.54, 1.807) is 24.3 Å². The van der Waals surface area contributed by atoms with Gasteiger partial charge >= 0.3 is 12.1 Å². The number of rotatable bonds is 2. The molecular formula is C16H17N3O5. The predicted octanol–water partition coefficient (Wildman–Crippen LogP) is 0.862. The van der Waals surface area contributed by atoms with E-state index in [1.807, 2.05) is 0 Å². The highest BCUT2D eigenvalue weighted by molar-refractivity contribution is 6.15. The van der Waals surface area contributed by atoms with E-state index in [1.165, 1.54) is 12.0 Å². The molecule has 0 bridgehead atoms. The highest BCUT2D eigenvalue weighted by Gasteiger charge is 2.46. The van der Waals surface area contributed by atoms with Gasteiger partial charge in [-0.15, -0.1) is 0 Å². The number of hydrogen-bond acceptors (Lipinski definition) is 5. The number of piperidine rings is 1. The molecule has 1 aromatic rings. The lowest BCUT2D eigenvalue weighted by Crippen LogP contribution is -2.50. The van der Waals surface area contributed by atoms with Gasteiger partial charge in [-0.25, -0.2) is 9.59 Å². The van der Waals surface area contributed by atoms with Gasteiger partial charge in [0.15, 0.2) is 0 Å². The SMILES string of the molecule is COC(=O)c1cccc(C2=NC3(CCN(C(=O)O)CC3)C(=O)N2)c1. The van der Waals surface area contributed by atoms with E-state index in [0.29, 0.717) is 29.8 Å². The maximum Gasteiger partial charge on any atom is 0.407 e. The van der Waals surface area contributed by atoms with Crippen molar-refractivity contribution in [1.82, 2.24) is 10.2 Å². The summed E-state index contributed by atoms with van der Waals surface area (Å²) in [5, 5.41) is 11.8. The highest BCUT2D eigenvalue weighted by Crippen LogP contribution is 2.31. The van der Waals surface area contributed by atoms with Gasteiger partial charge in [0.1, 0.15) is 11.4 Å². The first-order valence-corrected chi connectivity index (χ1v) is 7.53. The number of benzene rings is 1. The lowest BCUT2D eigenvalue weighted by atomic mass is 9.88. The molecule has 8 nitrogen and oxygen atoms in total. The Bertz CT molecular complexity index is 735. The minimum atomic E-state index is -0.988. The maximum atomic E-state index is 12.4. The molecule has 1 fully saturated rings. The van der Waals surface area contributed by atoms with E-state index in [2.05, 4.69) is 10.3 Å². The summed E-state index contributed by atoms with van der Waals surface area (Å²) >= 11 is 0. The fraction of sp³-hybridized carbons (Fsp3) is 0.375. The number of carboxylic acid groups (broad SMARTS) is 1. The molecule has 24 heavy (non-hydrogen) atoms. The van der Waals surface area contributed by atoms with Crippen molar-refractivity contribution in [3.8, 4) is 0 Å². The third-order valence-corrected chi connectivity index (χ3v) is 4.40. The number of esters is 1. The summed E-state index contributed by atoms with van der Waals surface area (Å²) in [6, 6.07) is 6.66. The highest BCUT2D eigenvalue weighted by atomic mass is 16.5. The van der Waals surface area contributed by atoms with Crippen molar-refractivity contribution in [3.05, 3.63) is 35.4 Å². The zero-order valence-corrected chi connectivity index (χ0v) is 13.1. The molecule has 8 heteroatoms. The Balaban J connectivity index is 1.85. The molecule has 0 saturated carbocycles. The fourth-order valence-corrected chi connectivity index (χ4v) is 2.97. The normalized spacial score (nSPS) is 19.0. The number of likely N-dealkylation sites (tertiary alicyclic amines) is 1. The van der Waals surface area contributed by atoms with E-state index in [9.17, 15) is 14.4 Å². The Morgan fingerprint density at radius 1 is 1.33 bits per heavy atom. The first-order chi connectivity index (χ1) is 11.4. The molecule has 0 aromatic heterocycles. The van der Waals surface area contributed by atoms with Crippen molar-refractivity contribution in [2.24, 2.45) is 4.99 Å². The van der Waals surface area contributed by atoms with Crippen LogP contribution in [0.5, 0.6) is 0 Å². The van der Waals surface area contributed by atoms with Gasteiger partial charge in [-0.1, -0.05) is 12.1 Å². The Hall–Kier alpha value is -2.90. The third-order valence-electron chi connectivity index (χ3n) is 4.40. The van der Waals surface area contributed by atoms with Gasteiger partial charge in [0.05, 0.1) is 12.7 Å². The molecule has 2 aliphatic rings. The second kappa shape index (κ2) is 5.95. The van der Waals surface area contributed by atoms with Crippen molar-refractivity contribution in [2.75, 3.05) is 20.2 Å². The quantitative estimate of drug-likeness (QED) is 0.782. The molecule has 2 aliphatic heterocycles. The monoisotopic (exact) mass is 331 g/mol. The number of amides is 2. The number of carbonyl (C=O) groups is 3. The molecule has 0 radical (unpaired) electrons. The minimum absolute atomic E-state index is 0.231. The van der Waals surface area contributed by atoms with Crippen molar-refractivity contribution in [3.63, 3.8) is 0 Å². The van der Waals surface area contributed by atoms with Crippen LogP contribution in [-0.4, -0.2) is 59.6 Å². The number of hydrogen-bond donors (Lipinski definition) is 2. The molecule has 0 unspecified atom stereocenters. The molecule has 2 amide bonds. The molecule has 0 atom stereocenters. The molecule has 2 N–H and O–H groups in total. The van der Waals surface area contributed by atoms with Crippen molar-refractivity contribution in [2.45, 2.75) is 18.4 Å². The number of nitrogens with one attached hydrogen (secondary N) is 1. The summed E-state index contributed by atoms with van der Waals surface area (Å²) in [5.74, 6) is -0.299. The number of aliphatic imine (C=N–C) groups is 1. The van der Waals surface area contributed by atoms with Crippen LogP contribution in [0.4, 0.5) is 4.79 Å². The average Bonchev–Trinajstić information content (AvgIpc) is 2.91. The summed E-state index contributed by atoms with van der Waals surface area (Å²) in [7, 11) is 1.30. The van der Waals surface area contributed by atoms with Gasteiger partial charge < -0.3 is 20.1 Å². The summed E-state index contributed by atoms with van der Waals surface area (Å²) in [6.45, 7) is 0.531. The van der Waals surface area contributed by atoms with Crippen molar-refractivity contribution in [1.29, 1.82) is 0 Å². The van der Waals surface area contributed by atoms with Gasteiger partial charge in [-0.3, -0.25) is 9.79 Å². The largest absolute Gasteiger partial charge is 0.465 e. The predicted molar refractivity (Wildman–Crippen MR) is 84.0 cm³/mol. The summed E-state index contributed by atoms with van der Waals surface area (Å²) < 4.78 is 4.69. The van der Waals surface area contributed by atoms with Crippen LogP contribution in [0.2, 0.25) is 0 Å². The van der Waals surface area contributed by atoms with Gasteiger partial charge in [0.2, 0.25) is 0 Å². The minimum Gasteiger partial charge on any atom is -0.465 e. The number of nitrogens with zero attached hydrogens (tertiary/aromatic N) is 2. The average molecular weight is 331 g/mol. The van der Waals surface area contributed by atoms with E-state index in [4.69, 9.17) is 9.84 Å². The van der Waals surface area contributed by atoms with Crippen LogP contribution in [0.3, 0.4) is 0 Å². The van der Waals surface area contributed by atoms with Crippen LogP contribution in [0.1, 0.15) is 28.8 Å². The molecule has 0 aliphatic carbocycles. The van der Waals surface area contributed by atoms with Gasteiger partial charge in [-0.2, -0.15) is 0 Å². The number of carbonyl (C=O) groups excluding carboxylic acids is 2. The van der Waals surface area contributed by atoms with Crippen LogP contribution in [0, 0.1) is 0 Å². The Morgan fingerprint density at radius 3 is 2.67 bits per heavy atom. The lowest BCUT2D eigenvalue weighted by molar-refractivity contribution is -0.125. The van der Waals surface area contributed by atoms with Crippen LogP contribution in [-0.2, 0) is 9.53 Å².